The van der Waals surface area contributed by atoms with Gasteiger partial charge in [0, 0.05) is 23.4 Å². The molecule has 3 aromatic rings. The Balaban J connectivity index is 2.32. The maximum absolute atomic E-state index is 13.4. The van der Waals surface area contributed by atoms with Gasteiger partial charge in [-0.2, -0.15) is 0 Å². The minimum Gasteiger partial charge on any atom is -0.399 e. The summed E-state index contributed by atoms with van der Waals surface area (Å²) in [7, 11) is 0. The summed E-state index contributed by atoms with van der Waals surface area (Å²) in [5.41, 5.74) is 9.07. The lowest BCUT2D eigenvalue weighted by Crippen LogP contribution is -2.03. The van der Waals surface area contributed by atoms with Crippen molar-refractivity contribution in [2.24, 2.45) is 0 Å². The molecule has 1 aromatic heterocycles. The highest BCUT2D eigenvalue weighted by Crippen LogP contribution is 2.29. The van der Waals surface area contributed by atoms with E-state index in [-0.39, 0.29) is 11.9 Å². The first-order valence-corrected chi connectivity index (χ1v) is 6.59. The smallest absolute Gasteiger partial charge is 0.141 e. The predicted molar refractivity (Wildman–Crippen MR) is 79.9 cm³/mol. The fourth-order valence-electron chi connectivity index (χ4n) is 2.48. The van der Waals surface area contributed by atoms with Crippen LogP contribution in [0.4, 0.5) is 10.1 Å². The van der Waals surface area contributed by atoms with Gasteiger partial charge in [-0.25, -0.2) is 9.37 Å². The van der Waals surface area contributed by atoms with E-state index < -0.39 is 0 Å². The molecule has 0 unspecified atom stereocenters. The second kappa shape index (κ2) is 4.63. The molecule has 0 aliphatic carbocycles. The number of hydrogen-bond acceptors (Lipinski definition) is 2. The van der Waals surface area contributed by atoms with Gasteiger partial charge in [0.25, 0.3) is 0 Å². The van der Waals surface area contributed by atoms with Crippen LogP contribution in [0.3, 0.4) is 0 Å². The van der Waals surface area contributed by atoms with Gasteiger partial charge in [-0.1, -0.05) is 12.1 Å². The Morgan fingerprint density at radius 3 is 2.65 bits per heavy atom. The normalized spacial score (nSPS) is 11.4. The van der Waals surface area contributed by atoms with Crippen LogP contribution in [-0.2, 0) is 0 Å². The van der Waals surface area contributed by atoms with Crippen LogP contribution in [-0.4, -0.2) is 9.55 Å². The van der Waals surface area contributed by atoms with E-state index in [1.54, 1.807) is 6.07 Å². The molecule has 3 nitrogen and oxygen atoms in total. The molecule has 2 N–H and O–H groups in total. The summed E-state index contributed by atoms with van der Waals surface area (Å²) in [5, 5.41) is 0. The minimum atomic E-state index is -0.273. The summed E-state index contributed by atoms with van der Waals surface area (Å²) in [6.07, 6.45) is 0. The standard InChI is InChI=1S/C16H16FN3/c1-10(2)20-15-7-6-12(17)9-14(15)19-16(20)11-4-3-5-13(18)8-11/h3-10H,18H2,1-2H3. The van der Waals surface area contributed by atoms with Crippen LogP contribution in [0.25, 0.3) is 22.4 Å². The van der Waals surface area contributed by atoms with Gasteiger partial charge < -0.3 is 10.3 Å². The van der Waals surface area contributed by atoms with Crippen LogP contribution in [0.1, 0.15) is 19.9 Å². The van der Waals surface area contributed by atoms with Crippen molar-refractivity contribution in [1.82, 2.24) is 9.55 Å². The lowest BCUT2D eigenvalue weighted by atomic mass is 10.2. The van der Waals surface area contributed by atoms with E-state index in [1.165, 1.54) is 12.1 Å². The van der Waals surface area contributed by atoms with Crippen LogP contribution in [0.15, 0.2) is 42.5 Å². The molecule has 2 aromatic carbocycles. The van der Waals surface area contributed by atoms with E-state index in [0.29, 0.717) is 11.2 Å². The number of nitrogens with zero attached hydrogens (tertiary/aromatic N) is 2. The number of halogens is 1. The maximum atomic E-state index is 13.4. The number of imidazole rings is 1. The zero-order valence-electron chi connectivity index (χ0n) is 11.5. The van der Waals surface area contributed by atoms with Crippen molar-refractivity contribution in [3.05, 3.63) is 48.3 Å². The number of benzene rings is 2. The Labute approximate surface area is 116 Å². The van der Waals surface area contributed by atoms with Crippen LogP contribution >= 0.6 is 0 Å². The van der Waals surface area contributed by atoms with Crippen LogP contribution in [0, 0.1) is 5.82 Å². The molecular formula is C16H16FN3. The highest BCUT2D eigenvalue weighted by Gasteiger charge is 2.15. The second-order valence-corrected chi connectivity index (χ2v) is 5.16. The van der Waals surface area contributed by atoms with E-state index in [9.17, 15) is 4.39 Å². The van der Waals surface area contributed by atoms with Crippen molar-refractivity contribution in [1.29, 1.82) is 0 Å². The molecular weight excluding hydrogens is 253 g/mol. The lowest BCUT2D eigenvalue weighted by molar-refractivity contribution is 0.620. The summed E-state index contributed by atoms with van der Waals surface area (Å²) in [6, 6.07) is 12.5. The highest BCUT2D eigenvalue weighted by atomic mass is 19.1. The molecule has 3 rings (SSSR count). The predicted octanol–water partition coefficient (Wildman–Crippen LogP) is 4.01. The first-order chi connectivity index (χ1) is 9.56. The quantitative estimate of drug-likeness (QED) is 0.714. The van der Waals surface area contributed by atoms with Gasteiger partial charge in [0.2, 0.25) is 0 Å². The molecule has 0 fully saturated rings. The van der Waals surface area contributed by atoms with E-state index in [2.05, 4.69) is 23.4 Å². The van der Waals surface area contributed by atoms with Crippen LogP contribution in [0.5, 0.6) is 0 Å². The first-order valence-electron chi connectivity index (χ1n) is 6.59. The molecule has 0 saturated heterocycles. The molecule has 4 heteroatoms. The average Bonchev–Trinajstić information content (AvgIpc) is 2.77. The lowest BCUT2D eigenvalue weighted by Gasteiger charge is -2.13. The largest absolute Gasteiger partial charge is 0.399 e. The van der Waals surface area contributed by atoms with Crippen molar-refractivity contribution >= 4 is 16.7 Å². The minimum absolute atomic E-state index is 0.224. The van der Waals surface area contributed by atoms with E-state index in [1.807, 2.05) is 24.3 Å². The van der Waals surface area contributed by atoms with E-state index >= 15 is 0 Å². The SMILES string of the molecule is CC(C)n1c(-c2cccc(N)c2)nc2cc(F)ccc21. The number of hydrogen-bond donors (Lipinski definition) is 1. The zero-order valence-corrected chi connectivity index (χ0v) is 11.5. The number of rotatable bonds is 2. The summed E-state index contributed by atoms with van der Waals surface area (Å²) in [6.45, 7) is 4.17. The summed E-state index contributed by atoms with van der Waals surface area (Å²) in [4.78, 5) is 4.57. The molecule has 0 spiro atoms. The van der Waals surface area contributed by atoms with Crippen LogP contribution in [0.2, 0.25) is 0 Å². The molecule has 20 heavy (non-hydrogen) atoms. The number of anilines is 1. The Bertz CT molecular complexity index is 774. The van der Waals surface area contributed by atoms with E-state index in [0.717, 1.165) is 16.9 Å². The molecule has 0 saturated carbocycles. The Morgan fingerprint density at radius 2 is 1.95 bits per heavy atom. The Hall–Kier alpha value is -2.36. The summed E-state index contributed by atoms with van der Waals surface area (Å²) < 4.78 is 15.5. The van der Waals surface area contributed by atoms with Gasteiger partial charge in [-0.05, 0) is 38.1 Å². The zero-order chi connectivity index (χ0) is 14.3. The second-order valence-electron chi connectivity index (χ2n) is 5.16. The molecule has 0 amide bonds. The van der Waals surface area contributed by atoms with Gasteiger partial charge in [-0.3, -0.25) is 0 Å². The van der Waals surface area contributed by atoms with Gasteiger partial charge in [0.05, 0.1) is 11.0 Å². The molecule has 1 heterocycles. The van der Waals surface area contributed by atoms with Crippen LogP contribution < -0.4 is 5.73 Å². The van der Waals surface area contributed by atoms with E-state index in [4.69, 9.17) is 5.73 Å². The maximum Gasteiger partial charge on any atom is 0.141 e. The van der Waals surface area contributed by atoms with Crippen molar-refractivity contribution in [3.63, 3.8) is 0 Å². The fraction of sp³-hybridized carbons (Fsp3) is 0.188. The van der Waals surface area contributed by atoms with Crippen molar-refractivity contribution in [2.75, 3.05) is 5.73 Å². The molecule has 0 aliphatic heterocycles. The van der Waals surface area contributed by atoms with Crippen molar-refractivity contribution in [3.8, 4) is 11.4 Å². The van der Waals surface area contributed by atoms with Gasteiger partial charge in [0.1, 0.15) is 11.6 Å². The molecule has 0 bridgehead atoms. The number of aromatic nitrogens is 2. The molecule has 0 aliphatic rings. The van der Waals surface area contributed by atoms with Crippen molar-refractivity contribution in [2.45, 2.75) is 19.9 Å². The molecule has 0 atom stereocenters. The number of nitrogen functional groups attached to an aromatic ring is 1. The van der Waals surface area contributed by atoms with Gasteiger partial charge in [-0.15, -0.1) is 0 Å². The Morgan fingerprint density at radius 1 is 1.15 bits per heavy atom. The molecule has 102 valence electrons. The average molecular weight is 269 g/mol. The summed E-state index contributed by atoms with van der Waals surface area (Å²) >= 11 is 0. The third-order valence-electron chi connectivity index (χ3n) is 3.31. The molecule has 0 radical (unpaired) electrons. The highest BCUT2D eigenvalue weighted by molar-refractivity contribution is 5.81. The van der Waals surface area contributed by atoms with Gasteiger partial charge in [0.15, 0.2) is 0 Å². The summed E-state index contributed by atoms with van der Waals surface area (Å²) in [5.74, 6) is 0.540. The first kappa shape index (κ1) is 12.7. The fourth-order valence-corrected chi connectivity index (χ4v) is 2.48. The monoisotopic (exact) mass is 269 g/mol. The number of nitrogens with two attached hydrogens (primary N) is 1. The Kier molecular flexibility index (Phi) is 2.93. The third-order valence-corrected chi connectivity index (χ3v) is 3.31. The number of fused-ring (bicyclic) bond motifs is 1. The topological polar surface area (TPSA) is 43.8 Å². The van der Waals surface area contributed by atoms with Gasteiger partial charge >= 0.3 is 0 Å². The third kappa shape index (κ3) is 2.03. The van der Waals surface area contributed by atoms with Crippen molar-refractivity contribution < 1.29 is 4.39 Å².